The molecule has 2 heterocycles. The predicted molar refractivity (Wildman–Crippen MR) is 71.4 cm³/mol. The van der Waals surface area contributed by atoms with Crippen LogP contribution in [0.5, 0.6) is 0 Å². The molecule has 0 aromatic carbocycles. The molecule has 1 N–H and O–H groups in total. The normalized spacial score (nSPS) is 11.8. The van der Waals surface area contributed by atoms with Crippen LogP contribution in [-0.2, 0) is 10.3 Å². The molecule has 0 aliphatic carbocycles. The third-order valence-electron chi connectivity index (χ3n) is 2.69. The third-order valence-corrected chi connectivity index (χ3v) is 2.69. The van der Waals surface area contributed by atoms with Crippen molar-refractivity contribution in [2.45, 2.75) is 39.7 Å². The van der Waals surface area contributed by atoms with E-state index in [0.717, 1.165) is 4.68 Å². The summed E-state index contributed by atoms with van der Waals surface area (Å²) in [4.78, 5) is 27.7. The van der Waals surface area contributed by atoms with Gasteiger partial charge in [-0.3, -0.25) is 15.0 Å². The zero-order chi connectivity index (χ0) is 14.2. The lowest BCUT2D eigenvalue weighted by Crippen LogP contribution is -2.33. The molecule has 0 aliphatic heterocycles. The lowest BCUT2D eigenvalue weighted by molar-refractivity contribution is -0.116. The third kappa shape index (κ3) is 2.35. The Balaban J connectivity index is 2.56. The first-order valence-corrected chi connectivity index (χ1v) is 6.10. The van der Waals surface area contributed by atoms with Crippen molar-refractivity contribution in [2.75, 3.05) is 5.43 Å². The van der Waals surface area contributed by atoms with Gasteiger partial charge in [-0.15, -0.1) is 0 Å². The molecule has 2 aromatic rings. The zero-order valence-electron chi connectivity index (χ0n) is 11.5. The zero-order valence-corrected chi connectivity index (χ0v) is 11.5. The molecular weight excluding hydrogens is 246 g/mol. The monoisotopic (exact) mass is 263 g/mol. The van der Waals surface area contributed by atoms with Gasteiger partial charge in [0.2, 0.25) is 5.91 Å². The summed E-state index contributed by atoms with van der Waals surface area (Å²) in [5.41, 5.74) is 2.38. The number of aromatic nitrogens is 4. The van der Waals surface area contributed by atoms with Crippen molar-refractivity contribution in [3.05, 3.63) is 22.9 Å². The van der Waals surface area contributed by atoms with Crippen LogP contribution >= 0.6 is 0 Å². The number of carbonyl (C=O) groups is 1. The molecule has 2 aromatic heterocycles. The molecule has 1 amide bonds. The smallest absolute Gasteiger partial charge is 0.273 e. The van der Waals surface area contributed by atoms with E-state index in [0.29, 0.717) is 17.5 Å². The van der Waals surface area contributed by atoms with Gasteiger partial charge in [0.1, 0.15) is 11.7 Å². The summed E-state index contributed by atoms with van der Waals surface area (Å²) in [5, 5.41) is 4.58. The Morgan fingerprint density at radius 3 is 2.68 bits per heavy atom. The second-order valence-corrected chi connectivity index (χ2v) is 5.27. The van der Waals surface area contributed by atoms with Gasteiger partial charge in [0.05, 0.1) is 11.7 Å². The van der Waals surface area contributed by atoms with Crippen LogP contribution in [0.1, 0.15) is 34.1 Å². The molecule has 7 heteroatoms. The van der Waals surface area contributed by atoms with Crippen molar-refractivity contribution in [2.24, 2.45) is 0 Å². The van der Waals surface area contributed by atoms with Crippen LogP contribution in [0.25, 0.3) is 11.0 Å². The number of fused-ring (bicyclic) bond motifs is 1. The summed E-state index contributed by atoms with van der Waals surface area (Å²) in [6.45, 7) is 7.65. The van der Waals surface area contributed by atoms with Crippen molar-refractivity contribution in [1.82, 2.24) is 19.4 Å². The largest absolute Gasteiger partial charge is 0.283 e. The summed E-state index contributed by atoms with van der Waals surface area (Å²) in [5.74, 6) is -0.244. The maximum absolute atomic E-state index is 12.2. The van der Waals surface area contributed by atoms with Crippen LogP contribution in [0.3, 0.4) is 0 Å². The number of amides is 1. The summed E-state index contributed by atoms with van der Waals surface area (Å²) < 4.78 is 2.78. The molecule has 0 radical (unpaired) electrons. The van der Waals surface area contributed by atoms with Crippen molar-refractivity contribution >= 4 is 16.9 Å². The van der Waals surface area contributed by atoms with E-state index < -0.39 is 0 Å². The van der Waals surface area contributed by atoms with Crippen molar-refractivity contribution in [3.63, 3.8) is 0 Å². The molecular formula is C12H17N5O2. The highest BCUT2D eigenvalue weighted by Gasteiger charge is 2.19. The van der Waals surface area contributed by atoms with E-state index in [4.69, 9.17) is 0 Å². The van der Waals surface area contributed by atoms with Crippen LogP contribution in [0, 0.1) is 0 Å². The van der Waals surface area contributed by atoms with Crippen molar-refractivity contribution in [1.29, 1.82) is 0 Å². The molecule has 0 fully saturated rings. The van der Waals surface area contributed by atoms with E-state index in [1.165, 1.54) is 12.5 Å². The Bertz CT molecular complexity index is 677. The molecule has 0 saturated heterocycles. The maximum Gasteiger partial charge on any atom is 0.283 e. The molecule has 7 nitrogen and oxygen atoms in total. The SMILES string of the molecule is CCC(=O)Nn1cnc2c(cnn2C(C)(C)C)c1=O. The highest BCUT2D eigenvalue weighted by Crippen LogP contribution is 2.17. The van der Waals surface area contributed by atoms with Crippen LogP contribution in [0.4, 0.5) is 0 Å². The van der Waals surface area contributed by atoms with E-state index in [1.807, 2.05) is 20.8 Å². The Morgan fingerprint density at radius 2 is 2.11 bits per heavy atom. The van der Waals surface area contributed by atoms with Gasteiger partial charge in [0.25, 0.3) is 5.56 Å². The lowest BCUT2D eigenvalue weighted by Gasteiger charge is -2.19. The Kier molecular flexibility index (Phi) is 3.13. The summed E-state index contributed by atoms with van der Waals surface area (Å²) in [6.07, 6.45) is 3.08. The molecule has 0 aliphatic rings. The fourth-order valence-electron chi connectivity index (χ4n) is 1.70. The molecule has 0 bridgehead atoms. The number of rotatable bonds is 2. The van der Waals surface area contributed by atoms with Gasteiger partial charge in [0.15, 0.2) is 5.65 Å². The molecule has 2 rings (SSSR count). The quantitative estimate of drug-likeness (QED) is 0.870. The fourth-order valence-corrected chi connectivity index (χ4v) is 1.70. The molecule has 102 valence electrons. The average Bonchev–Trinajstić information content (AvgIpc) is 2.76. The van der Waals surface area contributed by atoms with Gasteiger partial charge in [-0.05, 0) is 20.8 Å². The first-order chi connectivity index (χ1) is 8.84. The van der Waals surface area contributed by atoms with E-state index in [1.54, 1.807) is 11.6 Å². The Morgan fingerprint density at radius 1 is 1.42 bits per heavy atom. The topological polar surface area (TPSA) is 81.8 Å². The first kappa shape index (κ1) is 13.3. The summed E-state index contributed by atoms with van der Waals surface area (Å²) in [7, 11) is 0. The molecule has 0 saturated carbocycles. The number of nitrogens with zero attached hydrogens (tertiary/aromatic N) is 4. The second-order valence-electron chi connectivity index (χ2n) is 5.27. The molecule has 0 atom stereocenters. The molecule has 0 spiro atoms. The van der Waals surface area contributed by atoms with Gasteiger partial charge in [0, 0.05) is 6.42 Å². The van der Waals surface area contributed by atoms with Crippen molar-refractivity contribution < 1.29 is 4.79 Å². The van der Waals surface area contributed by atoms with E-state index in [9.17, 15) is 9.59 Å². The minimum atomic E-state index is -0.331. The first-order valence-electron chi connectivity index (χ1n) is 6.10. The number of nitrogens with one attached hydrogen (secondary N) is 1. The Hall–Kier alpha value is -2.18. The van der Waals surface area contributed by atoms with Crippen LogP contribution in [-0.4, -0.2) is 25.3 Å². The number of carbonyl (C=O) groups excluding carboxylic acids is 1. The van der Waals surface area contributed by atoms with E-state index in [-0.39, 0.29) is 17.0 Å². The molecule has 19 heavy (non-hydrogen) atoms. The highest BCUT2D eigenvalue weighted by molar-refractivity contribution is 5.83. The van der Waals surface area contributed by atoms with Gasteiger partial charge in [-0.2, -0.15) is 5.10 Å². The van der Waals surface area contributed by atoms with Crippen LogP contribution in [0.15, 0.2) is 17.3 Å². The second kappa shape index (κ2) is 4.49. The number of hydrogen-bond acceptors (Lipinski definition) is 4. The minimum Gasteiger partial charge on any atom is -0.273 e. The summed E-state index contributed by atoms with van der Waals surface area (Å²) in [6, 6.07) is 0. The average molecular weight is 263 g/mol. The van der Waals surface area contributed by atoms with Crippen molar-refractivity contribution in [3.8, 4) is 0 Å². The highest BCUT2D eigenvalue weighted by atomic mass is 16.2. The Labute approximate surface area is 110 Å². The van der Waals surface area contributed by atoms with Gasteiger partial charge < -0.3 is 0 Å². The maximum atomic E-state index is 12.2. The van der Waals surface area contributed by atoms with Crippen LogP contribution in [0.2, 0.25) is 0 Å². The fraction of sp³-hybridized carbons (Fsp3) is 0.500. The van der Waals surface area contributed by atoms with Gasteiger partial charge >= 0.3 is 0 Å². The lowest BCUT2D eigenvalue weighted by atomic mass is 10.1. The van der Waals surface area contributed by atoms with E-state index in [2.05, 4.69) is 15.5 Å². The predicted octanol–water partition coefficient (Wildman–Crippen LogP) is 0.828. The number of hydrogen-bond donors (Lipinski definition) is 1. The van der Waals surface area contributed by atoms with Gasteiger partial charge in [-0.25, -0.2) is 14.3 Å². The minimum absolute atomic E-state index is 0.244. The molecule has 0 unspecified atom stereocenters. The van der Waals surface area contributed by atoms with Gasteiger partial charge in [-0.1, -0.05) is 6.92 Å². The van der Waals surface area contributed by atoms with E-state index >= 15 is 0 Å². The summed E-state index contributed by atoms with van der Waals surface area (Å²) >= 11 is 0. The van der Waals surface area contributed by atoms with Crippen LogP contribution < -0.4 is 11.0 Å². The standard InChI is InChI=1S/C12H17N5O2/c1-5-9(18)15-16-7-13-10-8(11(16)19)6-14-17(10)12(2,3)4/h6-7H,5H2,1-4H3,(H,15,18).